The van der Waals surface area contributed by atoms with Crippen molar-refractivity contribution >= 4 is 22.7 Å². The van der Waals surface area contributed by atoms with E-state index in [1.54, 1.807) is 0 Å². The van der Waals surface area contributed by atoms with Crippen LogP contribution in [-0.4, -0.2) is 23.3 Å². The van der Waals surface area contributed by atoms with E-state index in [4.69, 9.17) is 4.74 Å². The zero-order valence-electron chi connectivity index (χ0n) is 14.8. The number of rotatable bonds is 5. The number of carbonyl (C=O) groups is 2. The van der Waals surface area contributed by atoms with Crippen molar-refractivity contribution in [2.45, 2.75) is 0 Å². The quantitative estimate of drug-likeness (QED) is 0.395. The number of Topliss-reactive ketones (excluding diaryl/α,β-unsaturated/α-hetero) is 1. The van der Waals surface area contributed by atoms with E-state index in [1.165, 1.54) is 24.3 Å². The number of fused-ring (bicyclic) bond motifs is 1. The number of para-hydroxylation sites is 1. The molecule has 4 aromatic rings. The highest BCUT2D eigenvalue weighted by Crippen LogP contribution is 2.30. The molecule has 0 saturated carbocycles. The van der Waals surface area contributed by atoms with E-state index in [2.05, 4.69) is 4.98 Å². The first-order valence-electron chi connectivity index (χ1n) is 8.75. The van der Waals surface area contributed by atoms with Crippen molar-refractivity contribution in [1.82, 2.24) is 4.98 Å². The van der Waals surface area contributed by atoms with Crippen LogP contribution in [0.15, 0.2) is 78.9 Å². The van der Waals surface area contributed by atoms with E-state index in [9.17, 15) is 14.0 Å². The summed E-state index contributed by atoms with van der Waals surface area (Å²) in [6, 6.07) is 22.0. The smallest absolute Gasteiger partial charge is 0.338 e. The monoisotopic (exact) mass is 373 g/mol. The molecule has 0 atom stereocenters. The molecule has 4 rings (SSSR count). The van der Waals surface area contributed by atoms with Crippen LogP contribution in [-0.2, 0) is 4.74 Å². The number of ether oxygens (including phenoxy) is 1. The Morgan fingerprint density at radius 1 is 0.857 bits per heavy atom. The molecule has 0 radical (unpaired) electrons. The van der Waals surface area contributed by atoms with Gasteiger partial charge < -0.3 is 9.72 Å². The molecular formula is C23H16FNO3. The maximum atomic E-state index is 13.0. The Morgan fingerprint density at radius 2 is 1.54 bits per heavy atom. The SMILES string of the molecule is O=C(OCC(=O)c1c(-c2ccccc2)[nH]c2ccccc12)c1ccc(F)cc1. The fraction of sp³-hybridized carbons (Fsp3) is 0.0435. The lowest BCUT2D eigenvalue weighted by atomic mass is 10.0. The summed E-state index contributed by atoms with van der Waals surface area (Å²) in [7, 11) is 0. The van der Waals surface area contributed by atoms with Gasteiger partial charge in [0.1, 0.15) is 5.82 Å². The van der Waals surface area contributed by atoms with Gasteiger partial charge in [0, 0.05) is 10.9 Å². The lowest BCUT2D eigenvalue weighted by Crippen LogP contribution is -2.14. The summed E-state index contributed by atoms with van der Waals surface area (Å²) >= 11 is 0. The number of halogens is 1. The van der Waals surface area contributed by atoms with Crippen molar-refractivity contribution in [3.05, 3.63) is 95.8 Å². The van der Waals surface area contributed by atoms with Gasteiger partial charge in [0.25, 0.3) is 0 Å². The lowest BCUT2D eigenvalue weighted by Gasteiger charge is -2.07. The molecule has 0 spiro atoms. The second-order valence-corrected chi connectivity index (χ2v) is 6.29. The topological polar surface area (TPSA) is 59.2 Å². The molecule has 1 heterocycles. The van der Waals surface area contributed by atoms with Crippen LogP contribution in [0.1, 0.15) is 20.7 Å². The highest BCUT2D eigenvalue weighted by Gasteiger charge is 2.21. The van der Waals surface area contributed by atoms with Gasteiger partial charge in [-0.25, -0.2) is 9.18 Å². The summed E-state index contributed by atoms with van der Waals surface area (Å²) < 4.78 is 18.2. The van der Waals surface area contributed by atoms with E-state index >= 15 is 0 Å². The molecule has 0 amide bonds. The number of esters is 1. The molecular weight excluding hydrogens is 357 g/mol. The largest absolute Gasteiger partial charge is 0.454 e. The van der Waals surface area contributed by atoms with Crippen LogP contribution in [0.2, 0.25) is 0 Å². The number of aromatic amines is 1. The molecule has 0 unspecified atom stereocenters. The first-order chi connectivity index (χ1) is 13.6. The minimum Gasteiger partial charge on any atom is -0.454 e. The first-order valence-corrected chi connectivity index (χ1v) is 8.75. The molecule has 0 aliphatic heterocycles. The van der Waals surface area contributed by atoms with Crippen LogP contribution in [0.25, 0.3) is 22.2 Å². The van der Waals surface area contributed by atoms with Gasteiger partial charge in [-0.3, -0.25) is 4.79 Å². The number of nitrogens with one attached hydrogen (secondary N) is 1. The van der Waals surface area contributed by atoms with Gasteiger partial charge in [-0.15, -0.1) is 0 Å². The van der Waals surface area contributed by atoms with Gasteiger partial charge in [0.15, 0.2) is 6.61 Å². The van der Waals surface area contributed by atoms with E-state index in [1.807, 2.05) is 54.6 Å². The summed E-state index contributed by atoms with van der Waals surface area (Å²) in [5, 5.41) is 0.768. The van der Waals surface area contributed by atoms with Crippen molar-refractivity contribution in [2.75, 3.05) is 6.61 Å². The number of hydrogen-bond acceptors (Lipinski definition) is 3. The van der Waals surface area contributed by atoms with Gasteiger partial charge in [0.05, 0.1) is 16.8 Å². The fourth-order valence-corrected chi connectivity index (χ4v) is 3.13. The minimum atomic E-state index is -0.672. The Morgan fingerprint density at radius 3 is 2.29 bits per heavy atom. The van der Waals surface area contributed by atoms with Gasteiger partial charge in [-0.1, -0.05) is 48.5 Å². The van der Waals surface area contributed by atoms with Gasteiger partial charge in [0.2, 0.25) is 5.78 Å². The van der Waals surface area contributed by atoms with Gasteiger partial charge >= 0.3 is 5.97 Å². The molecule has 0 aliphatic rings. The van der Waals surface area contributed by atoms with Crippen molar-refractivity contribution in [3.63, 3.8) is 0 Å². The molecule has 1 aromatic heterocycles. The van der Waals surface area contributed by atoms with E-state index in [0.29, 0.717) is 11.3 Å². The van der Waals surface area contributed by atoms with Crippen molar-refractivity contribution in [1.29, 1.82) is 0 Å². The van der Waals surface area contributed by atoms with Gasteiger partial charge in [-0.2, -0.15) is 0 Å². The number of hydrogen-bond donors (Lipinski definition) is 1. The van der Waals surface area contributed by atoms with Gasteiger partial charge in [-0.05, 0) is 35.9 Å². The molecule has 138 valence electrons. The third-order valence-electron chi connectivity index (χ3n) is 4.46. The number of carbonyl (C=O) groups excluding carboxylic acids is 2. The molecule has 3 aromatic carbocycles. The minimum absolute atomic E-state index is 0.191. The Bertz CT molecular complexity index is 1150. The Hall–Kier alpha value is -3.73. The average molecular weight is 373 g/mol. The van der Waals surface area contributed by atoms with Crippen LogP contribution in [0.4, 0.5) is 4.39 Å². The Labute approximate surface area is 160 Å². The fourth-order valence-electron chi connectivity index (χ4n) is 3.13. The predicted molar refractivity (Wildman–Crippen MR) is 105 cm³/mol. The molecule has 1 N–H and O–H groups in total. The molecule has 0 saturated heterocycles. The van der Waals surface area contributed by atoms with Crippen LogP contribution < -0.4 is 0 Å². The summed E-state index contributed by atoms with van der Waals surface area (Å²) in [5.74, 6) is -1.43. The second kappa shape index (κ2) is 7.48. The maximum Gasteiger partial charge on any atom is 0.338 e. The molecule has 4 nitrogen and oxygen atoms in total. The summed E-state index contributed by atoms with van der Waals surface area (Å²) in [5.41, 5.74) is 3.05. The molecule has 0 aliphatic carbocycles. The summed E-state index contributed by atoms with van der Waals surface area (Å²) in [6.45, 7) is -0.405. The third-order valence-corrected chi connectivity index (χ3v) is 4.46. The highest BCUT2D eigenvalue weighted by atomic mass is 19.1. The van der Waals surface area contributed by atoms with Crippen molar-refractivity contribution in [3.8, 4) is 11.3 Å². The molecule has 0 fully saturated rings. The van der Waals surface area contributed by atoms with Crippen LogP contribution in [0.5, 0.6) is 0 Å². The average Bonchev–Trinajstić information content (AvgIpc) is 3.12. The lowest BCUT2D eigenvalue weighted by molar-refractivity contribution is 0.0475. The van der Waals surface area contributed by atoms with Crippen LogP contribution >= 0.6 is 0 Å². The van der Waals surface area contributed by atoms with Crippen LogP contribution in [0, 0.1) is 5.82 Å². The number of benzene rings is 3. The van der Waals surface area contributed by atoms with E-state index in [0.717, 1.165) is 16.5 Å². The molecule has 28 heavy (non-hydrogen) atoms. The van der Waals surface area contributed by atoms with Crippen molar-refractivity contribution < 1.29 is 18.7 Å². The third kappa shape index (κ3) is 3.42. The number of aromatic nitrogens is 1. The second-order valence-electron chi connectivity index (χ2n) is 6.29. The normalized spacial score (nSPS) is 10.8. The van der Waals surface area contributed by atoms with Crippen molar-refractivity contribution in [2.24, 2.45) is 0 Å². The van der Waals surface area contributed by atoms with Crippen LogP contribution in [0.3, 0.4) is 0 Å². The standard InChI is InChI=1S/C23H16FNO3/c24-17-12-10-16(11-13-17)23(27)28-14-20(26)21-18-8-4-5-9-19(18)25-22(21)15-6-2-1-3-7-15/h1-13,25H,14H2. The zero-order chi connectivity index (χ0) is 19.5. The highest BCUT2D eigenvalue weighted by molar-refractivity contribution is 6.14. The Kier molecular flexibility index (Phi) is 4.72. The van der Waals surface area contributed by atoms with E-state index in [-0.39, 0.29) is 11.3 Å². The number of H-pyrrole nitrogens is 1. The summed E-state index contributed by atoms with van der Waals surface area (Å²) in [6.07, 6.45) is 0. The molecule has 0 bridgehead atoms. The molecule has 5 heteroatoms. The number of ketones is 1. The maximum absolute atomic E-state index is 13.0. The Balaban J connectivity index is 1.63. The predicted octanol–water partition coefficient (Wildman–Crippen LogP) is 5.01. The van der Waals surface area contributed by atoms with E-state index < -0.39 is 18.4 Å². The zero-order valence-corrected chi connectivity index (χ0v) is 14.8. The summed E-state index contributed by atoms with van der Waals surface area (Å²) in [4.78, 5) is 28.4. The first kappa shape index (κ1) is 17.7.